The molecular weight excluding hydrogens is 508 g/mol. The lowest BCUT2D eigenvalue weighted by atomic mass is 9.77. The minimum Gasteiger partial charge on any atom is -0.490 e. The highest BCUT2D eigenvalue weighted by Gasteiger charge is 2.47. The molecule has 1 N–H and O–H groups in total. The monoisotopic (exact) mass is 554 g/mol. The normalized spacial score (nSPS) is 23.0. The lowest BCUT2D eigenvalue weighted by molar-refractivity contribution is -0.175. The van der Waals surface area contributed by atoms with Gasteiger partial charge in [0.05, 0.1) is 44.8 Å². The molecule has 0 radical (unpaired) electrons. The molecule has 2 aromatic carbocycles. The van der Waals surface area contributed by atoms with Gasteiger partial charge in [-0.25, -0.2) is 0 Å². The largest absolute Gasteiger partial charge is 0.490 e. The van der Waals surface area contributed by atoms with Gasteiger partial charge in [0, 0.05) is 33.4 Å². The maximum atomic E-state index is 6.68. The van der Waals surface area contributed by atoms with Crippen LogP contribution < -0.4 is 15.0 Å². The molecule has 5 rings (SSSR count). The summed E-state index contributed by atoms with van der Waals surface area (Å²) in [6.07, 6.45) is 2.80. The second-order valence-corrected chi connectivity index (χ2v) is 11.0. The van der Waals surface area contributed by atoms with Crippen LogP contribution in [0.4, 0.5) is 5.69 Å². The van der Waals surface area contributed by atoms with E-state index in [1.54, 1.807) is 7.11 Å². The summed E-state index contributed by atoms with van der Waals surface area (Å²) in [7, 11) is 1.75. The van der Waals surface area contributed by atoms with Crippen molar-refractivity contribution in [3.8, 4) is 5.75 Å². The van der Waals surface area contributed by atoms with Gasteiger partial charge in [0.2, 0.25) is 0 Å². The summed E-state index contributed by atoms with van der Waals surface area (Å²) in [4.78, 5) is 2.39. The highest BCUT2D eigenvalue weighted by molar-refractivity contribution is 5.61. The van der Waals surface area contributed by atoms with Gasteiger partial charge >= 0.3 is 0 Å². The lowest BCUT2D eigenvalue weighted by Crippen LogP contribution is -2.56. The summed E-state index contributed by atoms with van der Waals surface area (Å²) >= 11 is 0. The molecule has 3 aliphatic rings. The third-order valence-electron chi connectivity index (χ3n) is 8.16. The summed E-state index contributed by atoms with van der Waals surface area (Å²) in [5.41, 5.74) is 5.65. The molecule has 0 aromatic heterocycles. The Morgan fingerprint density at radius 2 is 2.00 bits per heavy atom. The van der Waals surface area contributed by atoms with Crippen LogP contribution in [0.25, 0.3) is 0 Å². The predicted molar refractivity (Wildman–Crippen MR) is 155 cm³/mol. The first-order valence-corrected chi connectivity index (χ1v) is 14.9. The van der Waals surface area contributed by atoms with Crippen LogP contribution in [0.2, 0.25) is 0 Å². The molecule has 0 aliphatic carbocycles. The van der Waals surface area contributed by atoms with Crippen molar-refractivity contribution in [1.29, 1.82) is 0 Å². The molecule has 0 amide bonds. The number of hydrogen-bond acceptors (Lipinski definition) is 8. The van der Waals surface area contributed by atoms with Gasteiger partial charge < -0.3 is 38.6 Å². The maximum absolute atomic E-state index is 6.68. The third-order valence-corrected chi connectivity index (χ3v) is 8.16. The van der Waals surface area contributed by atoms with Crippen LogP contribution in [0.15, 0.2) is 36.4 Å². The number of rotatable bonds is 13. The summed E-state index contributed by atoms with van der Waals surface area (Å²) in [6, 6.07) is 13.1. The molecule has 0 bridgehead atoms. The molecule has 40 heavy (non-hydrogen) atoms. The summed E-state index contributed by atoms with van der Waals surface area (Å²) in [5, 5.41) is 3.54. The van der Waals surface area contributed by atoms with Gasteiger partial charge in [0.15, 0.2) is 0 Å². The Kier molecular flexibility index (Phi) is 10.3. The van der Waals surface area contributed by atoms with E-state index in [4.69, 9.17) is 28.4 Å². The Balaban J connectivity index is 1.27. The molecule has 1 saturated heterocycles. The topological polar surface area (TPSA) is 70.7 Å². The molecule has 0 saturated carbocycles. The van der Waals surface area contributed by atoms with Crippen LogP contribution in [-0.4, -0.2) is 78.5 Å². The standard InChI is InChI=1S/C32H46N2O6/c1-4-37-24(2)21-36-22-25-6-8-28-27(18-25)10-16-40-32(28)11-12-33-20-31(32)39-23-26-7-9-30-29(19-26)34(14-17-38-30)13-5-15-35-3/h6-9,18-19,24,31,33H,4-5,10-17,20-23H2,1-3H3/t24-,31+,32+/m1/s1. The quantitative estimate of drug-likeness (QED) is 0.370. The lowest BCUT2D eigenvalue weighted by Gasteiger charge is -2.47. The highest BCUT2D eigenvalue weighted by Crippen LogP contribution is 2.42. The number of ether oxygens (including phenoxy) is 6. The fourth-order valence-electron chi connectivity index (χ4n) is 6.19. The maximum Gasteiger partial charge on any atom is 0.142 e. The molecule has 0 unspecified atom stereocenters. The van der Waals surface area contributed by atoms with Gasteiger partial charge in [-0.15, -0.1) is 0 Å². The number of nitrogens with zero attached hydrogens (tertiary/aromatic N) is 1. The smallest absolute Gasteiger partial charge is 0.142 e. The summed E-state index contributed by atoms with van der Waals surface area (Å²) in [5.74, 6) is 0.944. The number of methoxy groups -OCH3 is 1. The third kappa shape index (κ3) is 6.81. The van der Waals surface area contributed by atoms with E-state index < -0.39 is 5.60 Å². The van der Waals surface area contributed by atoms with Crippen LogP contribution in [-0.2, 0) is 48.9 Å². The van der Waals surface area contributed by atoms with Gasteiger partial charge in [0.1, 0.15) is 24.1 Å². The zero-order valence-corrected chi connectivity index (χ0v) is 24.4. The minimum absolute atomic E-state index is 0.0838. The molecular formula is C32H46N2O6. The Morgan fingerprint density at radius 1 is 1.12 bits per heavy atom. The zero-order valence-electron chi connectivity index (χ0n) is 24.4. The van der Waals surface area contributed by atoms with E-state index in [2.05, 4.69) is 46.6 Å². The fourth-order valence-corrected chi connectivity index (χ4v) is 6.19. The van der Waals surface area contributed by atoms with Crippen molar-refractivity contribution >= 4 is 5.69 Å². The average Bonchev–Trinajstić information content (AvgIpc) is 2.97. The second-order valence-electron chi connectivity index (χ2n) is 11.0. The van der Waals surface area contributed by atoms with Crippen molar-refractivity contribution in [1.82, 2.24) is 5.32 Å². The second kappa shape index (κ2) is 14.1. The van der Waals surface area contributed by atoms with Crippen LogP contribution in [0, 0.1) is 0 Å². The Morgan fingerprint density at radius 3 is 2.88 bits per heavy atom. The zero-order chi connectivity index (χ0) is 27.8. The first kappa shape index (κ1) is 29.3. The van der Waals surface area contributed by atoms with Crippen molar-refractivity contribution in [2.45, 2.75) is 64.1 Å². The molecule has 2 aromatic rings. The van der Waals surface area contributed by atoms with E-state index in [0.717, 1.165) is 69.0 Å². The van der Waals surface area contributed by atoms with Gasteiger partial charge in [-0.1, -0.05) is 24.3 Å². The molecule has 3 aliphatic heterocycles. The molecule has 220 valence electrons. The van der Waals surface area contributed by atoms with Gasteiger partial charge in [-0.05, 0) is 74.0 Å². The van der Waals surface area contributed by atoms with E-state index in [0.29, 0.717) is 39.6 Å². The molecule has 8 nitrogen and oxygen atoms in total. The summed E-state index contributed by atoms with van der Waals surface area (Å²) in [6.45, 7) is 12.2. The fraction of sp³-hybridized carbons (Fsp3) is 0.625. The van der Waals surface area contributed by atoms with E-state index in [-0.39, 0.29) is 12.2 Å². The van der Waals surface area contributed by atoms with Crippen molar-refractivity contribution in [3.63, 3.8) is 0 Å². The predicted octanol–water partition coefficient (Wildman–Crippen LogP) is 4.21. The van der Waals surface area contributed by atoms with Gasteiger partial charge in [-0.2, -0.15) is 0 Å². The first-order valence-electron chi connectivity index (χ1n) is 14.9. The SMILES string of the molecule is CCO[C@H](C)COCc1ccc2c(c1)CCO[C@@]21CCNC[C@@H]1OCc1ccc2c(c1)N(CCCOC)CCO2. The number of fused-ring (bicyclic) bond motifs is 3. The van der Waals surface area contributed by atoms with Crippen LogP contribution in [0.5, 0.6) is 5.75 Å². The van der Waals surface area contributed by atoms with E-state index in [1.807, 2.05) is 13.8 Å². The Bertz CT molecular complexity index is 1100. The highest BCUT2D eigenvalue weighted by atomic mass is 16.6. The molecule has 8 heteroatoms. The summed E-state index contributed by atoms with van der Waals surface area (Å²) < 4.78 is 36.0. The van der Waals surface area contributed by atoms with Gasteiger partial charge in [-0.3, -0.25) is 0 Å². The average molecular weight is 555 g/mol. The number of piperidine rings is 1. The van der Waals surface area contributed by atoms with E-state index in [1.165, 1.54) is 16.7 Å². The van der Waals surface area contributed by atoms with Crippen LogP contribution >= 0.6 is 0 Å². The van der Waals surface area contributed by atoms with Crippen molar-refractivity contribution in [3.05, 3.63) is 58.7 Å². The number of hydrogen-bond donors (Lipinski definition) is 1. The van der Waals surface area contributed by atoms with E-state index >= 15 is 0 Å². The molecule has 3 heterocycles. The minimum atomic E-state index is -0.439. The van der Waals surface area contributed by atoms with Crippen molar-refractivity contribution in [2.24, 2.45) is 0 Å². The van der Waals surface area contributed by atoms with Crippen molar-refractivity contribution < 1.29 is 28.4 Å². The van der Waals surface area contributed by atoms with Gasteiger partial charge in [0.25, 0.3) is 0 Å². The van der Waals surface area contributed by atoms with Crippen molar-refractivity contribution in [2.75, 3.05) is 71.2 Å². The number of nitrogens with one attached hydrogen (secondary N) is 1. The molecule has 3 atom stereocenters. The molecule has 1 spiro atoms. The Labute approximate surface area is 239 Å². The number of anilines is 1. The van der Waals surface area contributed by atoms with Crippen LogP contribution in [0.1, 0.15) is 48.9 Å². The molecule has 1 fully saturated rings. The van der Waals surface area contributed by atoms with E-state index in [9.17, 15) is 0 Å². The van der Waals surface area contributed by atoms with Crippen LogP contribution in [0.3, 0.4) is 0 Å². The number of benzene rings is 2. The Hall–Kier alpha value is -2.20. The first-order chi connectivity index (χ1) is 19.6.